The number of hydrogen-bond donors (Lipinski definition) is 0. The second kappa shape index (κ2) is 3.90. The van der Waals surface area contributed by atoms with Crippen molar-refractivity contribution in [1.82, 2.24) is 0 Å². The molecule has 0 saturated heterocycles. The summed E-state index contributed by atoms with van der Waals surface area (Å²) in [4.78, 5) is 0.304. The second-order valence-corrected chi connectivity index (χ2v) is 9.02. The first kappa shape index (κ1) is 12.7. The largest absolute Gasteiger partial charge is 0.297 e. The fourth-order valence-electron chi connectivity index (χ4n) is 6.07. The van der Waals surface area contributed by atoms with Crippen molar-refractivity contribution in [3.05, 3.63) is 29.8 Å². The fourth-order valence-corrected chi connectivity index (χ4v) is 7.22. The van der Waals surface area contributed by atoms with Crippen molar-refractivity contribution in [2.75, 3.05) is 0 Å². The first-order valence-corrected chi connectivity index (χ1v) is 9.47. The lowest BCUT2D eigenvalue weighted by Crippen LogP contribution is -2.45. The van der Waals surface area contributed by atoms with Gasteiger partial charge in [-0.15, -0.1) is 0 Å². The van der Waals surface area contributed by atoms with Crippen LogP contribution in [0, 0.1) is 42.4 Å². The van der Waals surface area contributed by atoms with Crippen molar-refractivity contribution in [2.24, 2.45) is 35.5 Å². The van der Waals surface area contributed by atoms with Gasteiger partial charge in [0.25, 0.3) is 10.1 Å². The molecule has 0 amide bonds. The Balaban J connectivity index is 1.43. The highest BCUT2D eigenvalue weighted by Gasteiger charge is 2.73. The van der Waals surface area contributed by atoms with Crippen molar-refractivity contribution in [2.45, 2.75) is 37.2 Å². The first-order chi connectivity index (χ1) is 10.1. The predicted octanol–water partition coefficient (Wildman–Crippen LogP) is 2.99. The molecule has 0 aromatic heterocycles. The van der Waals surface area contributed by atoms with Gasteiger partial charge in [-0.05, 0) is 73.8 Å². The van der Waals surface area contributed by atoms with Gasteiger partial charge in [0.2, 0.25) is 0 Å². The molecule has 3 nitrogen and oxygen atoms in total. The molecule has 0 unspecified atom stereocenters. The zero-order chi connectivity index (χ0) is 14.4. The van der Waals surface area contributed by atoms with Gasteiger partial charge in [-0.25, -0.2) is 0 Å². The van der Waals surface area contributed by atoms with Crippen LogP contribution in [0.1, 0.15) is 24.8 Å². The summed E-state index contributed by atoms with van der Waals surface area (Å²) < 4.78 is 30.8. The van der Waals surface area contributed by atoms with Gasteiger partial charge in [-0.3, -0.25) is 4.18 Å². The van der Waals surface area contributed by atoms with E-state index in [0.29, 0.717) is 16.7 Å². The molecule has 1 aromatic carbocycles. The Hall–Kier alpha value is -0.870. The molecule has 2 bridgehead atoms. The summed E-state index contributed by atoms with van der Waals surface area (Å²) in [7, 11) is -3.61. The van der Waals surface area contributed by atoms with Crippen molar-refractivity contribution in [1.29, 1.82) is 0 Å². The molecule has 21 heavy (non-hydrogen) atoms. The molecule has 4 aliphatic rings. The van der Waals surface area contributed by atoms with Crippen molar-refractivity contribution >= 4 is 10.1 Å². The van der Waals surface area contributed by atoms with E-state index in [1.54, 1.807) is 12.1 Å². The number of benzene rings is 1. The minimum atomic E-state index is -3.61. The summed E-state index contributed by atoms with van der Waals surface area (Å²) in [6.07, 6.45) is 3.86. The molecule has 112 valence electrons. The minimum Gasteiger partial charge on any atom is -0.262 e. The van der Waals surface area contributed by atoms with Gasteiger partial charge in [0.15, 0.2) is 0 Å². The van der Waals surface area contributed by atoms with E-state index in [4.69, 9.17) is 4.18 Å². The van der Waals surface area contributed by atoms with Crippen LogP contribution in [-0.4, -0.2) is 14.5 Å². The van der Waals surface area contributed by atoms with Crippen LogP contribution in [0.5, 0.6) is 0 Å². The van der Waals surface area contributed by atoms with E-state index < -0.39 is 10.1 Å². The highest BCUT2D eigenvalue weighted by molar-refractivity contribution is 7.86. The molecule has 5 rings (SSSR count). The average molecular weight is 304 g/mol. The van der Waals surface area contributed by atoms with Crippen LogP contribution in [0.3, 0.4) is 0 Å². The normalized spacial score (nSPS) is 45.9. The quantitative estimate of drug-likeness (QED) is 0.806. The van der Waals surface area contributed by atoms with Crippen LogP contribution < -0.4 is 0 Å². The van der Waals surface area contributed by atoms with Crippen molar-refractivity contribution in [3.63, 3.8) is 0 Å². The molecule has 0 radical (unpaired) electrons. The smallest absolute Gasteiger partial charge is 0.262 e. The van der Waals surface area contributed by atoms with Crippen molar-refractivity contribution < 1.29 is 12.6 Å². The van der Waals surface area contributed by atoms with E-state index >= 15 is 0 Å². The summed E-state index contributed by atoms with van der Waals surface area (Å²) in [6.45, 7) is 1.96. The maximum atomic E-state index is 12.5. The minimum absolute atomic E-state index is 0.0344. The third-order valence-corrected chi connectivity index (χ3v) is 8.08. The van der Waals surface area contributed by atoms with E-state index in [0.717, 1.165) is 29.2 Å². The molecule has 7 atom stereocenters. The lowest BCUT2D eigenvalue weighted by molar-refractivity contribution is -0.0255. The fraction of sp³-hybridized carbons (Fsp3) is 0.647. The number of rotatable bonds is 3. The molecule has 0 aliphatic heterocycles. The molecule has 0 spiro atoms. The average Bonchev–Trinajstić information content (AvgIpc) is 2.95. The number of aryl methyl sites for hydroxylation is 1. The van der Waals surface area contributed by atoms with E-state index in [1.807, 2.05) is 19.1 Å². The lowest BCUT2D eigenvalue weighted by atomic mass is 9.56. The maximum absolute atomic E-state index is 12.5. The molecular formula is C17H20O3S. The van der Waals surface area contributed by atoms with E-state index in [9.17, 15) is 8.42 Å². The number of hydrogen-bond acceptors (Lipinski definition) is 3. The molecular weight excluding hydrogens is 284 g/mol. The Labute approximate surface area is 125 Å². The lowest BCUT2D eigenvalue weighted by Gasteiger charge is -2.48. The van der Waals surface area contributed by atoms with E-state index in [-0.39, 0.29) is 6.10 Å². The SMILES string of the molecule is Cc1ccc(S(=O)(=O)O[C@@H]2[C@H]3C[C@@H]4[C@@H]5CC[C@H]3[C@@H]5[C@H]42)cc1. The Kier molecular flexibility index (Phi) is 2.35. The first-order valence-electron chi connectivity index (χ1n) is 8.06. The van der Waals surface area contributed by atoms with Gasteiger partial charge >= 0.3 is 0 Å². The topological polar surface area (TPSA) is 43.4 Å². The molecule has 0 N–H and O–H groups in total. The van der Waals surface area contributed by atoms with Crippen LogP contribution >= 0.6 is 0 Å². The van der Waals surface area contributed by atoms with E-state index in [2.05, 4.69) is 0 Å². The Morgan fingerprint density at radius 2 is 1.62 bits per heavy atom. The van der Waals surface area contributed by atoms with Gasteiger partial charge in [-0.2, -0.15) is 8.42 Å². The van der Waals surface area contributed by atoms with E-state index in [1.165, 1.54) is 19.3 Å². The zero-order valence-corrected chi connectivity index (χ0v) is 12.9. The summed E-state index contributed by atoms with van der Waals surface area (Å²) in [5.41, 5.74) is 1.06. The van der Waals surface area contributed by atoms with Crippen LogP contribution in [0.4, 0.5) is 0 Å². The summed E-state index contributed by atoms with van der Waals surface area (Å²) in [5.74, 6) is 4.23. The van der Waals surface area contributed by atoms with Gasteiger partial charge in [0.1, 0.15) is 0 Å². The Morgan fingerprint density at radius 1 is 0.952 bits per heavy atom. The van der Waals surface area contributed by atoms with Crippen LogP contribution in [0.2, 0.25) is 0 Å². The Bertz CT molecular complexity index is 687. The third-order valence-electron chi connectivity index (χ3n) is 6.75. The zero-order valence-electron chi connectivity index (χ0n) is 12.1. The van der Waals surface area contributed by atoms with Crippen LogP contribution in [-0.2, 0) is 14.3 Å². The summed E-state index contributed by atoms with van der Waals surface area (Å²) in [6, 6.07) is 6.99. The predicted molar refractivity (Wildman–Crippen MR) is 78.0 cm³/mol. The third kappa shape index (κ3) is 1.50. The van der Waals surface area contributed by atoms with Crippen molar-refractivity contribution in [3.8, 4) is 0 Å². The monoisotopic (exact) mass is 304 g/mol. The second-order valence-electron chi connectivity index (χ2n) is 7.45. The standard InChI is InChI=1S/C17H20O3S/c1-9-2-4-10(5-3-9)21(18,19)20-17-14-8-13-11-6-7-12(14)15(11)16(13)17/h2-5,11-17H,6-8H2,1H3/t11-,12+,13+,14-,15+,16-,17+/m0/s1. The number of fused-ring (bicyclic) bond motifs is 3. The molecule has 4 saturated carbocycles. The summed E-state index contributed by atoms with van der Waals surface area (Å²) in [5, 5.41) is 0. The highest BCUT2D eigenvalue weighted by atomic mass is 32.2. The molecule has 0 heterocycles. The molecule has 1 aromatic rings. The molecule has 4 aliphatic carbocycles. The van der Waals surface area contributed by atoms with Crippen LogP contribution in [0.25, 0.3) is 0 Å². The summed E-state index contributed by atoms with van der Waals surface area (Å²) >= 11 is 0. The molecule has 4 heteroatoms. The van der Waals surface area contributed by atoms with Gasteiger partial charge < -0.3 is 0 Å². The van der Waals surface area contributed by atoms with Gasteiger partial charge in [-0.1, -0.05) is 17.7 Å². The van der Waals surface area contributed by atoms with Gasteiger partial charge in [0.05, 0.1) is 11.0 Å². The van der Waals surface area contributed by atoms with Crippen LogP contribution in [0.15, 0.2) is 29.2 Å². The van der Waals surface area contributed by atoms with Gasteiger partial charge in [0, 0.05) is 0 Å². The maximum Gasteiger partial charge on any atom is 0.297 e. The Morgan fingerprint density at radius 3 is 2.29 bits per heavy atom. The highest BCUT2D eigenvalue weighted by Crippen LogP contribution is 2.75. The molecule has 4 fully saturated rings.